The maximum absolute atomic E-state index is 11.7. The maximum Gasteiger partial charge on any atom is 0.322 e. The van der Waals surface area contributed by atoms with Crippen molar-refractivity contribution in [1.29, 1.82) is 0 Å². The molecule has 0 spiro atoms. The van der Waals surface area contributed by atoms with Crippen LogP contribution in [-0.2, 0) is 28.5 Å². The topological polar surface area (TPSA) is 103 Å². The Hall–Kier alpha value is -1.22. The Morgan fingerprint density at radius 2 is 1.87 bits per heavy atom. The van der Waals surface area contributed by atoms with E-state index >= 15 is 0 Å². The Labute approximate surface area is 136 Å². The van der Waals surface area contributed by atoms with Crippen molar-refractivity contribution in [3.63, 3.8) is 0 Å². The van der Waals surface area contributed by atoms with Crippen molar-refractivity contribution < 1.29 is 33.6 Å². The molecule has 23 heavy (non-hydrogen) atoms. The zero-order valence-electron chi connectivity index (χ0n) is 14.2. The number of rotatable bonds is 8. The van der Waals surface area contributed by atoms with Gasteiger partial charge in [0.2, 0.25) is 0 Å². The van der Waals surface area contributed by atoms with Crippen LogP contribution >= 0.6 is 0 Å². The monoisotopic (exact) mass is 333 g/mol. The van der Waals surface area contributed by atoms with E-state index in [1.807, 2.05) is 13.8 Å². The lowest BCUT2D eigenvalue weighted by molar-refractivity contribution is -0.232. The van der Waals surface area contributed by atoms with Crippen LogP contribution in [0.4, 0.5) is 0 Å². The predicted molar refractivity (Wildman–Crippen MR) is 80.3 cm³/mol. The number of ether oxygens (including phenoxy) is 4. The number of hydrogen-bond donors (Lipinski definition) is 2. The summed E-state index contributed by atoms with van der Waals surface area (Å²) >= 11 is 0. The first-order chi connectivity index (χ1) is 10.8. The molecule has 2 atom stereocenters. The van der Waals surface area contributed by atoms with Crippen molar-refractivity contribution in [2.75, 3.05) is 27.4 Å². The summed E-state index contributed by atoms with van der Waals surface area (Å²) in [6.07, 6.45) is -1.19. The molecule has 1 fully saturated rings. The lowest BCUT2D eigenvalue weighted by atomic mass is 9.95. The second-order valence-electron chi connectivity index (χ2n) is 6.32. The van der Waals surface area contributed by atoms with Crippen LogP contribution in [0.1, 0.15) is 33.1 Å². The normalized spacial score (nSPS) is 20.6. The van der Waals surface area contributed by atoms with Gasteiger partial charge in [0.25, 0.3) is 0 Å². The highest BCUT2D eigenvalue weighted by molar-refractivity contribution is 5.77. The first-order valence-electron chi connectivity index (χ1n) is 7.59. The quantitative estimate of drug-likeness (QED) is 0.479. The summed E-state index contributed by atoms with van der Waals surface area (Å²) in [5, 5.41) is 12.8. The first kappa shape index (κ1) is 19.8. The van der Waals surface area contributed by atoms with Crippen molar-refractivity contribution in [2.24, 2.45) is 5.41 Å². The number of methoxy groups -OCH3 is 2. The van der Waals surface area contributed by atoms with Gasteiger partial charge in [0, 0.05) is 18.3 Å². The van der Waals surface area contributed by atoms with Crippen LogP contribution in [-0.4, -0.2) is 63.0 Å². The van der Waals surface area contributed by atoms with Gasteiger partial charge in [-0.1, -0.05) is 13.8 Å². The molecular weight excluding hydrogens is 306 g/mol. The van der Waals surface area contributed by atoms with Gasteiger partial charge in [-0.25, -0.2) is 0 Å². The minimum Gasteiger partial charge on any atom is -0.469 e. The molecule has 1 aliphatic rings. The molecule has 0 aliphatic carbocycles. The minimum absolute atomic E-state index is 0.0423. The van der Waals surface area contributed by atoms with Crippen LogP contribution in [0, 0.1) is 5.41 Å². The average Bonchev–Trinajstić information content (AvgIpc) is 2.52. The van der Waals surface area contributed by atoms with Gasteiger partial charge in [-0.2, -0.15) is 0 Å². The number of hydrogen-bond acceptors (Lipinski definition) is 8. The summed E-state index contributed by atoms with van der Waals surface area (Å²) in [5.41, 5.74) is -0.0516. The third-order valence-corrected chi connectivity index (χ3v) is 3.48. The third kappa shape index (κ3) is 7.26. The highest BCUT2D eigenvalue weighted by Gasteiger charge is 2.31. The lowest BCUT2D eigenvalue weighted by Crippen LogP contribution is -2.47. The second kappa shape index (κ2) is 9.17. The Kier molecular flexibility index (Phi) is 7.90. The molecule has 1 rings (SSSR count). The van der Waals surface area contributed by atoms with Crippen molar-refractivity contribution in [2.45, 2.75) is 51.7 Å². The van der Waals surface area contributed by atoms with Crippen LogP contribution in [0.3, 0.4) is 0 Å². The Bertz CT molecular complexity index is 389. The van der Waals surface area contributed by atoms with Crippen molar-refractivity contribution in [3.8, 4) is 0 Å². The van der Waals surface area contributed by atoms with Crippen molar-refractivity contribution in [3.05, 3.63) is 0 Å². The van der Waals surface area contributed by atoms with Crippen molar-refractivity contribution in [1.82, 2.24) is 5.32 Å². The largest absolute Gasteiger partial charge is 0.469 e. The molecule has 0 aromatic rings. The molecular formula is C15H27NO7. The molecule has 134 valence electrons. The third-order valence-electron chi connectivity index (χ3n) is 3.48. The van der Waals surface area contributed by atoms with Gasteiger partial charge in [0.1, 0.15) is 12.3 Å². The van der Waals surface area contributed by atoms with Crippen LogP contribution in [0.2, 0.25) is 0 Å². The molecule has 1 unspecified atom stereocenters. The summed E-state index contributed by atoms with van der Waals surface area (Å²) in [6, 6.07) is -0.811. The van der Waals surface area contributed by atoms with E-state index in [2.05, 4.69) is 14.8 Å². The zero-order chi connectivity index (χ0) is 17.5. The van der Waals surface area contributed by atoms with E-state index in [1.165, 1.54) is 14.2 Å². The first-order valence-corrected chi connectivity index (χ1v) is 7.59. The summed E-state index contributed by atoms with van der Waals surface area (Å²) in [5.74, 6) is -0.990. The highest BCUT2D eigenvalue weighted by atomic mass is 16.7. The molecule has 0 amide bonds. The Morgan fingerprint density at radius 1 is 1.26 bits per heavy atom. The number of aliphatic hydroxyl groups is 1. The number of aliphatic hydroxyl groups excluding tert-OH is 1. The van der Waals surface area contributed by atoms with E-state index in [4.69, 9.17) is 9.47 Å². The molecule has 8 nitrogen and oxygen atoms in total. The van der Waals surface area contributed by atoms with Crippen LogP contribution in [0.25, 0.3) is 0 Å². The summed E-state index contributed by atoms with van der Waals surface area (Å²) in [4.78, 5) is 22.9. The fraction of sp³-hybridized carbons (Fsp3) is 0.867. The van der Waals surface area contributed by atoms with Gasteiger partial charge >= 0.3 is 11.9 Å². The lowest BCUT2D eigenvalue weighted by Gasteiger charge is -2.35. The Morgan fingerprint density at radius 3 is 2.39 bits per heavy atom. The van der Waals surface area contributed by atoms with Gasteiger partial charge in [-0.15, -0.1) is 0 Å². The molecule has 8 heteroatoms. The second-order valence-corrected chi connectivity index (χ2v) is 6.32. The fourth-order valence-electron chi connectivity index (χ4n) is 2.12. The van der Waals surface area contributed by atoms with E-state index in [1.54, 1.807) is 0 Å². The van der Waals surface area contributed by atoms with Crippen LogP contribution in [0.5, 0.6) is 0 Å². The standard InChI is InChI=1S/C15H27NO7/c1-15(2)8-22-13(23-9-15)7-11(17)16-10(14(19)21-4)5-6-12(18)20-3/h10-11,13,16-17H,5-9H2,1-4H3/t10-,11?/m0/s1. The molecule has 0 aromatic heterocycles. The van der Waals surface area contributed by atoms with Gasteiger partial charge in [-0.3, -0.25) is 14.9 Å². The van der Waals surface area contributed by atoms with Crippen molar-refractivity contribution >= 4 is 11.9 Å². The summed E-state index contributed by atoms with van der Waals surface area (Å²) < 4.78 is 20.3. The summed E-state index contributed by atoms with van der Waals surface area (Å²) in [7, 11) is 2.52. The van der Waals surface area contributed by atoms with Crippen LogP contribution in [0.15, 0.2) is 0 Å². The smallest absolute Gasteiger partial charge is 0.322 e. The SMILES string of the molecule is COC(=O)CC[C@H](NC(O)CC1OCC(C)(C)CO1)C(=O)OC. The van der Waals surface area contributed by atoms with E-state index in [9.17, 15) is 14.7 Å². The molecule has 0 bridgehead atoms. The summed E-state index contributed by atoms with van der Waals surface area (Å²) in [6.45, 7) is 5.12. The van der Waals surface area contributed by atoms with E-state index in [0.717, 1.165) is 0 Å². The van der Waals surface area contributed by atoms with Crippen LogP contribution < -0.4 is 5.32 Å². The maximum atomic E-state index is 11.7. The molecule has 0 radical (unpaired) electrons. The minimum atomic E-state index is -1.03. The fourth-order valence-corrected chi connectivity index (χ4v) is 2.12. The van der Waals surface area contributed by atoms with E-state index in [-0.39, 0.29) is 24.7 Å². The molecule has 1 saturated heterocycles. The average molecular weight is 333 g/mol. The Balaban J connectivity index is 2.44. The molecule has 0 aromatic carbocycles. The zero-order valence-corrected chi connectivity index (χ0v) is 14.2. The number of esters is 2. The molecule has 0 saturated carbocycles. The van der Waals surface area contributed by atoms with Gasteiger partial charge in [0.15, 0.2) is 6.29 Å². The van der Waals surface area contributed by atoms with E-state index < -0.39 is 30.5 Å². The van der Waals surface area contributed by atoms with Gasteiger partial charge < -0.3 is 24.1 Å². The van der Waals surface area contributed by atoms with Gasteiger partial charge in [-0.05, 0) is 6.42 Å². The van der Waals surface area contributed by atoms with E-state index in [0.29, 0.717) is 13.2 Å². The van der Waals surface area contributed by atoms with Gasteiger partial charge in [0.05, 0.1) is 27.4 Å². The number of carbonyl (C=O) groups excluding carboxylic acids is 2. The highest BCUT2D eigenvalue weighted by Crippen LogP contribution is 2.24. The predicted octanol–water partition coefficient (Wildman–Crippen LogP) is 0.178. The molecule has 1 heterocycles. The molecule has 1 aliphatic heterocycles. The number of carbonyl (C=O) groups is 2. The molecule has 2 N–H and O–H groups in total. The number of nitrogens with one attached hydrogen (secondary N) is 1.